The van der Waals surface area contributed by atoms with E-state index in [0.29, 0.717) is 93.2 Å². The van der Waals surface area contributed by atoms with Crippen molar-refractivity contribution in [1.29, 1.82) is 0 Å². The Bertz CT molecular complexity index is 2230. The number of carboxylic acids is 1. The van der Waals surface area contributed by atoms with Gasteiger partial charge in [-0.3, -0.25) is 16.7 Å². The number of hydrogen-bond acceptors (Lipinski definition) is 15. The van der Waals surface area contributed by atoms with E-state index in [0.717, 1.165) is 110 Å². The van der Waals surface area contributed by atoms with Gasteiger partial charge >= 0.3 is 74.9 Å². The Morgan fingerprint density at radius 2 is 1.00 bits per heavy atom. The van der Waals surface area contributed by atoms with Crippen LogP contribution in [0.4, 0.5) is 0 Å². The monoisotopic (exact) mass is 1290 g/mol. The molecule has 0 aromatic rings. The summed E-state index contributed by atoms with van der Waals surface area (Å²) in [5.41, 5.74) is 5.24. The Kier molecular flexibility index (Phi) is 44.8. The molecule has 0 heterocycles. The summed E-state index contributed by atoms with van der Waals surface area (Å²) in [7, 11) is 3.69. The van der Waals surface area contributed by atoms with Crippen molar-refractivity contribution < 1.29 is 120 Å². The molecule has 8 rings (SSSR count). The van der Waals surface area contributed by atoms with Gasteiger partial charge < -0.3 is 44.0 Å². The zero-order chi connectivity index (χ0) is 64.7. The van der Waals surface area contributed by atoms with Crippen molar-refractivity contribution >= 4 is 24.2 Å². The second kappa shape index (κ2) is 45.5. The van der Waals surface area contributed by atoms with Gasteiger partial charge in [-0.15, -0.1) is 0 Å². The van der Waals surface area contributed by atoms with Crippen LogP contribution >= 0.6 is 0 Å². The van der Waals surface area contributed by atoms with Gasteiger partial charge in [-0.05, 0) is 222 Å². The largest absolute Gasteiger partial charge is 1.00 e. The molecule has 8 aliphatic rings. The Labute approximate surface area is 602 Å². The van der Waals surface area contributed by atoms with E-state index in [1.54, 1.807) is 11.1 Å². The molecule has 0 radical (unpaired) electrons. The molecule has 0 aliphatic heterocycles. The van der Waals surface area contributed by atoms with Gasteiger partial charge in [-0.2, -0.15) is 19.2 Å². The Hall–Kier alpha value is -1.31. The molecule has 520 valence electrons. The third-order valence-electron chi connectivity index (χ3n) is 24.3. The molecule has 0 unspecified atom stereocenters. The van der Waals surface area contributed by atoms with Crippen LogP contribution in [0.5, 0.6) is 0 Å². The molecule has 15 nitrogen and oxygen atoms in total. The topological polar surface area (TPSA) is 208 Å². The van der Waals surface area contributed by atoms with Crippen LogP contribution in [0.3, 0.4) is 0 Å². The second-order valence-electron chi connectivity index (χ2n) is 30.4. The number of ether oxygens (including phenoxy) is 5. The van der Waals surface area contributed by atoms with Gasteiger partial charge in [0.25, 0.3) is 0 Å². The Balaban J connectivity index is 0.00000160. The minimum atomic E-state index is -1.11. The SMILES string of the molecule is C.CCCN(CCOCCO[C@H]1CC[C@@]2(C)C(=CC[C@H]3[C@@H]4CC[C@H]([C@H](C)CCCC(C)C)[C@@]4(C)CC[C@@H]32)C1)CC(=O)OCC.O=C=O.O=C=O.[CH2-]N(CCOCCO[C@H]1CC[C@@]2(C)C(=CC[C@H]3[C@@H]4CC[C@H]([C@H](C)CCCC(C)C)[C@@]4(C)CC[C@@H]32)C1)CC(=O)[O-].[Li+].[Li+].[Li+].[OH-]. The molecule has 6 saturated carbocycles. The van der Waals surface area contributed by atoms with Gasteiger partial charge in [0, 0.05) is 13.1 Å². The van der Waals surface area contributed by atoms with E-state index in [4.69, 9.17) is 42.9 Å². The van der Waals surface area contributed by atoms with Crippen molar-refractivity contribution in [1.82, 2.24) is 9.80 Å². The first-order valence-corrected chi connectivity index (χ1v) is 35.4. The number of aliphatic carboxylic acids is 1. The Morgan fingerprint density at radius 1 is 0.581 bits per heavy atom. The van der Waals surface area contributed by atoms with E-state index in [2.05, 4.69) is 100 Å². The number of carbonyl (C=O) groups excluding carboxylic acids is 6. The normalized spacial score (nSPS) is 31.5. The number of hydrogen-bond donors (Lipinski definition) is 0. The first-order chi connectivity index (χ1) is 42.0. The summed E-state index contributed by atoms with van der Waals surface area (Å²) in [5, 5.41) is 10.6. The summed E-state index contributed by atoms with van der Waals surface area (Å²) in [6.45, 7) is 35.4. The third-order valence-corrected chi connectivity index (χ3v) is 24.3. The number of rotatable bonds is 31. The molecule has 0 bridgehead atoms. The van der Waals surface area contributed by atoms with Crippen molar-refractivity contribution in [3.8, 4) is 0 Å². The summed E-state index contributed by atoms with van der Waals surface area (Å²) in [5.74, 6) is 9.33. The van der Waals surface area contributed by atoms with E-state index >= 15 is 0 Å². The molecule has 0 saturated heterocycles. The predicted molar refractivity (Wildman–Crippen MR) is 351 cm³/mol. The second-order valence-corrected chi connectivity index (χ2v) is 30.4. The average molecular weight is 1290 g/mol. The molecule has 0 aromatic heterocycles. The number of carboxylic acid groups (broad SMARTS) is 1. The molecular formula is C75H129Li3N2O13. The van der Waals surface area contributed by atoms with Crippen LogP contribution in [0.2, 0.25) is 0 Å². The minimum Gasteiger partial charge on any atom is -0.870 e. The Morgan fingerprint density at radius 3 is 1.39 bits per heavy atom. The van der Waals surface area contributed by atoms with Gasteiger partial charge in [0.15, 0.2) is 0 Å². The van der Waals surface area contributed by atoms with Crippen LogP contribution in [0, 0.1) is 99.7 Å². The van der Waals surface area contributed by atoms with Gasteiger partial charge in [-0.1, -0.05) is 145 Å². The fourth-order valence-corrected chi connectivity index (χ4v) is 20.0. The zero-order valence-electron chi connectivity index (χ0n) is 60.9. The van der Waals surface area contributed by atoms with Crippen molar-refractivity contribution in [3.63, 3.8) is 0 Å². The molecule has 18 heteroatoms. The van der Waals surface area contributed by atoms with Crippen molar-refractivity contribution in [2.75, 3.05) is 79.0 Å². The van der Waals surface area contributed by atoms with Gasteiger partial charge in [0.2, 0.25) is 0 Å². The first kappa shape index (κ1) is 91.7. The molecule has 16 atom stereocenters. The van der Waals surface area contributed by atoms with Crippen LogP contribution < -0.4 is 61.7 Å². The predicted octanol–water partition coefficient (Wildman–Crippen LogP) is 5.28. The molecule has 1 N–H and O–H groups in total. The summed E-state index contributed by atoms with van der Waals surface area (Å²) in [4.78, 5) is 58.5. The van der Waals surface area contributed by atoms with Gasteiger partial charge in [0.1, 0.15) is 0 Å². The number of nitrogens with zero attached hydrogens (tertiary/aromatic N) is 2. The molecule has 0 spiro atoms. The van der Waals surface area contributed by atoms with E-state index in [-0.39, 0.29) is 94.3 Å². The van der Waals surface area contributed by atoms with Crippen molar-refractivity contribution in [2.45, 2.75) is 250 Å². The number of esters is 1. The molecule has 8 aliphatic carbocycles. The molecule has 6 fully saturated rings. The fraction of sp³-hybridized carbons (Fsp3) is 0.880. The van der Waals surface area contributed by atoms with Crippen LogP contribution in [-0.2, 0) is 52.5 Å². The number of carbonyl (C=O) groups is 2. The molecule has 93 heavy (non-hydrogen) atoms. The van der Waals surface area contributed by atoms with Crippen LogP contribution in [0.25, 0.3) is 0 Å². The zero-order valence-corrected chi connectivity index (χ0v) is 60.9. The van der Waals surface area contributed by atoms with Gasteiger partial charge in [0.05, 0.1) is 71.0 Å². The average Bonchev–Trinajstić information content (AvgIpc) is 1.71. The summed E-state index contributed by atoms with van der Waals surface area (Å²) in [6, 6.07) is 0. The molecule has 0 aromatic carbocycles. The van der Waals surface area contributed by atoms with Crippen LogP contribution in [-0.4, -0.2) is 131 Å². The quantitative estimate of drug-likeness (QED) is 0.0285. The number of fused-ring (bicyclic) bond motifs is 10. The maximum atomic E-state index is 11.9. The maximum Gasteiger partial charge on any atom is 1.00 e. The summed E-state index contributed by atoms with van der Waals surface area (Å²) in [6.07, 6.45) is 37.2. The van der Waals surface area contributed by atoms with Crippen molar-refractivity contribution in [3.05, 3.63) is 30.3 Å². The molecular weight excluding hydrogens is 1160 g/mol. The third kappa shape index (κ3) is 25.7. The van der Waals surface area contributed by atoms with E-state index in [9.17, 15) is 14.7 Å². The van der Waals surface area contributed by atoms with Crippen LogP contribution in [0.1, 0.15) is 238 Å². The summed E-state index contributed by atoms with van der Waals surface area (Å²) >= 11 is 0. The van der Waals surface area contributed by atoms with Gasteiger partial charge in [-0.25, -0.2) is 0 Å². The van der Waals surface area contributed by atoms with Crippen LogP contribution in [0.15, 0.2) is 23.3 Å². The summed E-state index contributed by atoms with van der Waals surface area (Å²) < 4.78 is 29.3. The van der Waals surface area contributed by atoms with E-state index < -0.39 is 5.97 Å². The van der Waals surface area contributed by atoms with Crippen molar-refractivity contribution in [2.24, 2.45) is 92.7 Å². The molecule has 0 amide bonds. The standard InChI is InChI=1S/C38H67NO4.C34H58NO4.2CO2.CH4.3Li.H2O/c1-8-21-39(27-36(40)42-9-2)22-23-41-24-25-43-31-17-19-37(6)30(26-31)13-14-32-34-16-15-33(29(5)12-10-11-28(3)4)38(34,7)20-18-35(32)37;1-24(2)8-7-9-25(3)29-12-13-30-28-11-10-26-22-27(39-21-20-38-19-18-35(6)23-32(36)37)14-16-33(26,4)31(28)15-17-34(29,30)5;2*2-1-3;;;;;/h13,28-29,31-35H,8-12,14-27H2,1-7H3;10,24-25,27-31H,6-9,11-23H2,1-5H3,(H,36,37);;;1H4;;;;1H2/q;-1;;;;3*+1;/p-2/t29-,31+,32+,33-,34+,35+,37+,38-;25-,27+,28+,29-,30+,31+,33+,34-;;;;;;;/m11......./s1. The number of allylic oxidation sites excluding steroid dienone is 2. The van der Waals surface area contributed by atoms with E-state index in [1.807, 2.05) is 6.92 Å². The maximum absolute atomic E-state index is 11.9. The first-order valence-electron chi connectivity index (χ1n) is 35.4. The minimum absolute atomic E-state index is 0. The smallest absolute Gasteiger partial charge is 0.870 e. The fourth-order valence-electron chi connectivity index (χ4n) is 20.0. The van der Waals surface area contributed by atoms with E-state index in [1.165, 1.54) is 127 Å².